The molecule has 1 heterocycles. The van der Waals surface area contributed by atoms with Gasteiger partial charge in [0.2, 0.25) is 5.91 Å². The van der Waals surface area contributed by atoms with E-state index in [9.17, 15) is 9.59 Å². The molecule has 0 saturated carbocycles. The second-order valence-electron chi connectivity index (χ2n) is 3.84. The van der Waals surface area contributed by atoms with Crippen LogP contribution in [0, 0.1) is 0 Å². The van der Waals surface area contributed by atoms with Crippen LogP contribution in [0.2, 0.25) is 0 Å². The van der Waals surface area contributed by atoms with Gasteiger partial charge < -0.3 is 4.74 Å². The van der Waals surface area contributed by atoms with Gasteiger partial charge in [-0.25, -0.2) is 0 Å². The zero-order valence-electron chi connectivity index (χ0n) is 10.1. The minimum atomic E-state index is -0.144. The predicted molar refractivity (Wildman–Crippen MR) is 69.3 cm³/mol. The zero-order chi connectivity index (χ0) is 13.1. The van der Waals surface area contributed by atoms with Crippen molar-refractivity contribution in [2.24, 2.45) is 0 Å². The third-order valence-electron chi connectivity index (χ3n) is 2.64. The summed E-state index contributed by atoms with van der Waals surface area (Å²) in [4.78, 5) is 22.6. The van der Waals surface area contributed by atoms with Gasteiger partial charge in [0, 0.05) is 18.7 Å². The molecule has 2 aromatic rings. The van der Waals surface area contributed by atoms with E-state index >= 15 is 0 Å². The molecule has 0 unspecified atom stereocenters. The monoisotopic (exact) mass is 243 g/mol. The summed E-state index contributed by atoms with van der Waals surface area (Å²) in [6.07, 6.45) is 3.88. The van der Waals surface area contributed by atoms with Gasteiger partial charge in [0.25, 0.3) is 0 Å². The molecule has 4 nitrogen and oxygen atoms in total. The van der Waals surface area contributed by atoms with Crippen molar-refractivity contribution in [3.05, 3.63) is 42.6 Å². The van der Waals surface area contributed by atoms with Gasteiger partial charge in [-0.1, -0.05) is 18.7 Å². The molecule has 92 valence electrons. The van der Waals surface area contributed by atoms with Crippen LogP contribution in [0.15, 0.2) is 37.1 Å². The van der Waals surface area contributed by atoms with Crippen molar-refractivity contribution < 1.29 is 14.3 Å². The molecule has 0 spiro atoms. The molecule has 4 heteroatoms. The molecule has 0 aliphatic heterocycles. The maximum absolute atomic E-state index is 11.5. The summed E-state index contributed by atoms with van der Waals surface area (Å²) in [6.45, 7) is 5.38. The maximum Gasteiger partial charge on any atom is 0.227 e. The SMILES string of the molecule is C=CCOc1cccc2c1c(C=O)cn2C(C)=O. The molecule has 0 radical (unpaired) electrons. The molecule has 0 aliphatic rings. The van der Waals surface area contributed by atoms with Crippen LogP contribution in [0.4, 0.5) is 0 Å². The molecule has 0 amide bonds. The summed E-state index contributed by atoms with van der Waals surface area (Å²) in [5, 5.41) is 0.657. The van der Waals surface area contributed by atoms with Gasteiger partial charge in [-0.15, -0.1) is 0 Å². The molecule has 1 aromatic carbocycles. The van der Waals surface area contributed by atoms with Crippen molar-refractivity contribution >= 4 is 23.1 Å². The van der Waals surface area contributed by atoms with E-state index in [0.717, 1.165) is 6.29 Å². The first-order valence-electron chi connectivity index (χ1n) is 5.53. The van der Waals surface area contributed by atoms with Crippen LogP contribution in [0.3, 0.4) is 0 Å². The first kappa shape index (κ1) is 12.1. The summed E-state index contributed by atoms with van der Waals surface area (Å²) in [7, 11) is 0. The Hall–Kier alpha value is -2.36. The van der Waals surface area contributed by atoms with Crippen LogP contribution in [-0.4, -0.2) is 23.4 Å². The number of benzene rings is 1. The van der Waals surface area contributed by atoms with E-state index < -0.39 is 0 Å². The van der Waals surface area contributed by atoms with Crippen molar-refractivity contribution in [2.45, 2.75) is 6.92 Å². The quantitative estimate of drug-likeness (QED) is 0.612. The van der Waals surface area contributed by atoms with E-state index in [-0.39, 0.29) is 5.91 Å². The molecule has 0 aliphatic carbocycles. The number of carbonyl (C=O) groups is 2. The van der Waals surface area contributed by atoms with Crippen LogP contribution in [0.5, 0.6) is 5.75 Å². The maximum atomic E-state index is 11.5. The first-order chi connectivity index (χ1) is 8.69. The molecule has 0 bridgehead atoms. The van der Waals surface area contributed by atoms with Gasteiger partial charge >= 0.3 is 0 Å². The number of rotatable bonds is 4. The Bertz CT molecular complexity index is 625. The van der Waals surface area contributed by atoms with Gasteiger partial charge in [0.1, 0.15) is 12.4 Å². The fourth-order valence-corrected chi connectivity index (χ4v) is 1.90. The largest absolute Gasteiger partial charge is 0.489 e. The lowest BCUT2D eigenvalue weighted by atomic mass is 10.1. The lowest BCUT2D eigenvalue weighted by Gasteiger charge is -2.06. The number of fused-ring (bicyclic) bond motifs is 1. The van der Waals surface area contributed by atoms with Crippen LogP contribution in [0.25, 0.3) is 10.9 Å². The molecule has 0 saturated heterocycles. The Morgan fingerprint density at radius 3 is 2.89 bits per heavy atom. The number of hydrogen-bond donors (Lipinski definition) is 0. The number of nitrogens with zero attached hydrogens (tertiary/aromatic N) is 1. The number of aldehydes is 1. The molecule has 0 atom stereocenters. The molecular formula is C14H13NO3. The minimum absolute atomic E-state index is 0.144. The first-order valence-corrected chi connectivity index (χ1v) is 5.53. The second kappa shape index (κ2) is 4.87. The van der Waals surface area contributed by atoms with Crippen LogP contribution in [-0.2, 0) is 0 Å². The molecule has 0 N–H and O–H groups in total. The zero-order valence-corrected chi connectivity index (χ0v) is 10.1. The summed E-state index contributed by atoms with van der Waals surface area (Å²) in [5.41, 5.74) is 1.12. The Kier molecular flexibility index (Phi) is 3.28. The number of ether oxygens (including phenoxy) is 1. The average Bonchev–Trinajstić information content (AvgIpc) is 2.75. The Morgan fingerprint density at radius 1 is 1.50 bits per heavy atom. The lowest BCUT2D eigenvalue weighted by molar-refractivity contribution is 0.0941. The van der Waals surface area contributed by atoms with Gasteiger partial charge in [0.05, 0.1) is 10.9 Å². The van der Waals surface area contributed by atoms with Crippen LogP contribution in [0.1, 0.15) is 22.1 Å². The average molecular weight is 243 g/mol. The fraction of sp³-hybridized carbons (Fsp3) is 0.143. The number of hydrogen-bond acceptors (Lipinski definition) is 3. The van der Waals surface area contributed by atoms with Crippen molar-refractivity contribution in [1.29, 1.82) is 0 Å². The van der Waals surface area contributed by atoms with Crippen molar-refractivity contribution in [2.75, 3.05) is 6.61 Å². The van der Waals surface area contributed by atoms with E-state index in [4.69, 9.17) is 4.74 Å². The number of aromatic nitrogens is 1. The highest BCUT2D eigenvalue weighted by Gasteiger charge is 2.14. The summed E-state index contributed by atoms with van der Waals surface area (Å²) < 4.78 is 6.95. The lowest BCUT2D eigenvalue weighted by Crippen LogP contribution is -2.03. The van der Waals surface area contributed by atoms with E-state index in [1.807, 2.05) is 0 Å². The van der Waals surface area contributed by atoms with Gasteiger partial charge in [-0.05, 0) is 12.1 Å². The second-order valence-corrected chi connectivity index (χ2v) is 3.84. The Labute approximate surface area is 104 Å². The number of carbonyl (C=O) groups excluding carboxylic acids is 2. The smallest absolute Gasteiger partial charge is 0.227 e. The van der Waals surface area contributed by atoms with Gasteiger partial charge in [0.15, 0.2) is 6.29 Å². The third kappa shape index (κ3) is 1.93. The highest BCUT2D eigenvalue weighted by molar-refractivity contribution is 6.05. The molecule has 18 heavy (non-hydrogen) atoms. The van der Waals surface area contributed by atoms with Crippen molar-refractivity contribution in [1.82, 2.24) is 4.57 Å². The standard InChI is InChI=1S/C14H13NO3/c1-3-7-18-13-6-4-5-12-14(13)11(9-16)8-15(12)10(2)17/h3-6,8-9H,1,7H2,2H3. The highest BCUT2D eigenvalue weighted by atomic mass is 16.5. The fourth-order valence-electron chi connectivity index (χ4n) is 1.90. The van der Waals surface area contributed by atoms with Gasteiger partial charge in [-0.2, -0.15) is 0 Å². The van der Waals surface area contributed by atoms with Crippen molar-refractivity contribution in [3.63, 3.8) is 0 Å². The third-order valence-corrected chi connectivity index (χ3v) is 2.64. The minimum Gasteiger partial charge on any atom is -0.489 e. The van der Waals surface area contributed by atoms with E-state index in [1.165, 1.54) is 17.7 Å². The predicted octanol–water partition coefficient (Wildman–Crippen LogP) is 2.68. The summed E-state index contributed by atoms with van der Waals surface area (Å²) in [6, 6.07) is 5.34. The van der Waals surface area contributed by atoms with Crippen molar-refractivity contribution in [3.8, 4) is 5.75 Å². The summed E-state index contributed by atoms with van der Waals surface area (Å²) in [5.74, 6) is 0.434. The molecular weight excluding hydrogens is 230 g/mol. The molecule has 2 rings (SSSR count). The van der Waals surface area contributed by atoms with Crippen LogP contribution < -0.4 is 4.74 Å². The molecule has 1 aromatic heterocycles. The topological polar surface area (TPSA) is 48.3 Å². The van der Waals surface area contributed by atoms with Crippen LogP contribution >= 0.6 is 0 Å². The highest BCUT2D eigenvalue weighted by Crippen LogP contribution is 2.29. The Morgan fingerprint density at radius 2 is 2.28 bits per heavy atom. The molecule has 0 fully saturated rings. The van der Waals surface area contributed by atoms with E-state index in [0.29, 0.717) is 28.8 Å². The Balaban J connectivity index is 2.70. The van der Waals surface area contributed by atoms with E-state index in [1.54, 1.807) is 24.3 Å². The van der Waals surface area contributed by atoms with E-state index in [2.05, 4.69) is 6.58 Å². The summed E-state index contributed by atoms with van der Waals surface area (Å²) >= 11 is 0. The normalized spacial score (nSPS) is 10.3. The van der Waals surface area contributed by atoms with Gasteiger partial charge in [-0.3, -0.25) is 14.2 Å².